The molecule has 0 aliphatic carbocycles. The highest BCUT2D eigenvalue weighted by Gasteiger charge is 2.12. The predicted molar refractivity (Wildman–Crippen MR) is 140 cm³/mol. The lowest BCUT2D eigenvalue weighted by Gasteiger charge is -2.11. The van der Waals surface area contributed by atoms with Crippen molar-refractivity contribution < 1.29 is 28.2 Å². The van der Waals surface area contributed by atoms with E-state index in [2.05, 4.69) is 5.32 Å². The van der Waals surface area contributed by atoms with Crippen LogP contribution in [0.3, 0.4) is 0 Å². The van der Waals surface area contributed by atoms with Gasteiger partial charge in [0.2, 0.25) is 11.2 Å². The van der Waals surface area contributed by atoms with Crippen LogP contribution in [0, 0.1) is 0 Å². The summed E-state index contributed by atoms with van der Waals surface area (Å²) in [6.45, 7) is 2.29. The number of aryl methyl sites for hydroxylation is 1. The van der Waals surface area contributed by atoms with Crippen LogP contribution < -0.4 is 29.7 Å². The molecular formula is C29H29NO7. The first kappa shape index (κ1) is 25.6. The van der Waals surface area contributed by atoms with Crippen molar-refractivity contribution in [2.24, 2.45) is 0 Å². The van der Waals surface area contributed by atoms with Crippen molar-refractivity contribution >= 4 is 16.9 Å². The summed E-state index contributed by atoms with van der Waals surface area (Å²) in [5, 5.41) is 3.19. The Morgan fingerprint density at radius 3 is 2.51 bits per heavy atom. The topological polar surface area (TPSA) is 96.2 Å². The number of ether oxygens (including phenoxy) is 4. The van der Waals surface area contributed by atoms with E-state index in [0.29, 0.717) is 46.9 Å². The van der Waals surface area contributed by atoms with Crippen molar-refractivity contribution in [1.29, 1.82) is 0 Å². The van der Waals surface area contributed by atoms with Gasteiger partial charge in [0.1, 0.15) is 23.3 Å². The van der Waals surface area contributed by atoms with Crippen molar-refractivity contribution in [2.75, 3.05) is 27.4 Å². The minimum absolute atomic E-state index is 0.107. The number of amides is 1. The van der Waals surface area contributed by atoms with Gasteiger partial charge in [0.15, 0.2) is 18.1 Å². The third kappa shape index (κ3) is 6.22. The van der Waals surface area contributed by atoms with Gasteiger partial charge < -0.3 is 28.7 Å². The van der Waals surface area contributed by atoms with Gasteiger partial charge >= 0.3 is 0 Å². The number of carbonyl (C=O) groups is 1. The Kier molecular flexibility index (Phi) is 8.30. The molecule has 0 saturated heterocycles. The number of methoxy groups -OCH3 is 2. The molecule has 4 rings (SSSR count). The van der Waals surface area contributed by atoms with Gasteiger partial charge in [0.05, 0.1) is 19.6 Å². The molecule has 0 unspecified atom stereocenters. The molecule has 8 heteroatoms. The largest absolute Gasteiger partial charge is 0.493 e. The summed E-state index contributed by atoms with van der Waals surface area (Å²) in [6, 6.07) is 18.0. The zero-order valence-corrected chi connectivity index (χ0v) is 21.0. The average molecular weight is 504 g/mol. The van der Waals surface area contributed by atoms with Crippen LogP contribution in [0.2, 0.25) is 0 Å². The molecule has 192 valence electrons. The number of benzene rings is 3. The van der Waals surface area contributed by atoms with Gasteiger partial charge in [-0.2, -0.15) is 0 Å². The van der Waals surface area contributed by atoms with Crippen LogP contribution in [0.1, 0.15) is 18.1 Å². The highest BCUT2D eigenvalue weighted by Crippen LogP contribution is 2.28. The first-order chi connectivity index (χ1) is 18.0. The Morgan fingerprint density at radius 2 is 1.73 bits per heavy atom. The predicted octanol–water partition coefficient (Wildman–Crippen LogP) is 4.90. The second-order valence-corrected chi connectivity index (χ2v) is 8.23. The Bertz CT molecular complexity index is 1440. The molecule has 0 bridgehead atoms. The summed E-state index contributed by atoms with van der Waals surface area (Å²) in [6.07, 6.45) is 2.70. The second-order valence-electron chi connectivity index (χ2n) is 8.23. The van der Waals surface area contributed by atoms with E-state index < -0.39 is 0 Å². The van der Waals surface area contributed by atoms with Gasteiger partial charge in [0.25, 0.3) is 5.91 Å². The number of para-hydroxylation sites is 1. The molecule has 1 amide bonds. The summed E-state index contributed by atoms with van der Waals surface area (Å²) in [5.41, 5.74) is 2.05. The SMILES string of the molecule is CCc1ccccc1Oc1coc2cc(OCC(=O)NCCc3ccc(OC)c(OC)c3)ccc2c1=O. The zero-order valence-electron chi connectivity index (χ0n) is 21.0. The minimum Gasteiger partial charge on any atom is -0.493 e. The van der Waals surface area contributed by atoms with E-state index in [0.717, 1.165) is 17.5 Å². The molecule has 0 saturated carbocycles. The Morgan fingerprint density at radius 1 is 0.919 bits per heavy atom. The lowest BCUT2D eigenvalue weighted by molar-refractivity contribution is -0.123. The maximum Gasteiger partial charge on any atom is 0.257 e. The number of rotatable bonds is 11. The molecule has 1 heterocycles. The van der Waals surface area contributed by atoms with Crippen LogP contribution in [0.5, 0.6) is 28.7 Å². The fraction of sp³-hybridized carbons (Fsp3) is 0.241. The summed E-state index contributed by atoms with van der Waals surface area (Å²) < 4.78 is 27.6. The molecule has 0 aliphatic heterocycles. The van der Waals surface area contributed by atoms with Gasteiger partial charge in [-0.15, -0.1) is 0 Å². The van der Waals surface area contributed by atoms with Crippen molar-refractivity contribution in [3.63, 3.8) is 0 Å². The molecule has 0 radical (unpaired) electrons. The first-order valence-electron chi connectivity index (χ1n) is 11.9. The molecule has 4 aromatic rings. The van der Waals surface area contributed by atoms with Crippen molar-refractivity contribution in [1.82, 2.24) is 5.32 Å². The average Bonchev–Trinajstić information content (AvgIpc) is 2.93. The summed E-state index contributed by atoms with van der Waals surface area (Å²) in [5.74, 6) is 2.17. The summed E-state index contributed by atoms with van der Waals surface area (Å²) in [7, 11) is 3.17. The van der Waals surface area contributed by atoms with E-state index in [9.17, 15) is 9.59 Å². The third-order valence-electron chi connectivity index (χ3n) is 5.84. The van der Waals surface area contributed by atoms with E-state index in [1.165, 1.54) is 6.26 Å². The molecule has 1 aromatic heterocycles. The maximum atomic E-state index is 12.9. The van der Waals surface area contributed by atoms with E-state index in [4.69, 9.17) is 23.4 Å². The standard InChI is InChI=1S/C29H29NO7/c1-4-20-7-5-6-8-23(20)37-27-17-36-25-16-21(10-11-22(25)29(27)32)35-18-28(31)30-14-13-19-9-12-24(33-2)26(15-19)34-3/h5-12,15-17H,4,13-14,18H2,1-3H3,(H,30,31). The Balaban J connectivity index is 1.33. The summed E-state index contributed by atoms with van der Waals surface area (Å²) >= 11 is 0. The highest BCUT2D eigenvalue weighted by atomic mass is 16.5. The number of nitrogens with one attached hydrogen (secondary N) is 1. The van der Waals surface area contributed by atoms with E-state index in [-0.39, 0.29) is 23.7 Å². The lowest BCUT2D eigenvalue weighted by Crippen LogP contribution is -2.30. The van der Waals surface area contributed by atoms with Gasteiger partial charge in [0, 0.05) is 12.6 Å². The van der Waals surface area contributed by atoms with E-state index >= 15 is 0 Å². The molecule has 8 nitrogen and oxygen atoms in total. The molecule has 0 atom stereocenters. The van der Waals surface area contributed by atoms with Crippen molar-refractivity contribution in [3.8, 4) is 28.7 Å². The van der Waals surface area contributed by atoms with Gasteiger partial charge in [-0.3, -0.25) is 9.59 Å². The second kappa shape index (κ2) is 12.0. The van der Waals surface area contributed by atoms with Crippen LogP contribution in [0.15, 0.2) is 76.1 Å². The molecule has 0 aliphatic rings. The van der Waals surface area contributed by atoms with E-state index in [1.807, 2.05) is 49.4 Å². The van der Waals surface area contributed by atoms with Crippen LogP contribution in [-0.2, 0) is 17.6 Å². The van der Waals surface area contributed by atoms with Crippen molar-refractivity contribution in [2.45, 2.75) is 19.8 Å². The van der Waals surface area contributed by atoms with Crippen LogP contribution in [0.4, 0.5) is 0 Å². The fourth-order valence-corrected chi connectivity index (χ4v) is 3.85. The minimum atomic E-state index is -0.286. The molecule has 3 aromatic carbocycles. The van der Waals surface area contributed by atoms with E-state index in [1.54, 1.807) is 32.4 Å². The molecular weight excluding hydrogens is 474 g/mol. The van der Waals surface area contributed by atoms with Crippen LogP contribution >= 0.6 is 0 Å². The molecule has 37 heavy (non-hydrogen) atoms. The number of hydrogen-bond acceptors (Lipinski definition) is 7. The van der Waals surface area contributed by atoms with Gasteiger partial charge in [-0.1, -0.05) is 31.2 Å². The van der Waals surface area contributed by atoms with Crippen LogP contribution in [-0.4, -0.2) is 33.3 Å². The van der Waals surface area contributed by atoms with Gasteiger partial charge in [-0.05, 0) is 54.3 Å². The first-order valence-corrected chi connectivity index (χ1v) is 11.9. The Labute approximate surface area is 214 Å². The monoisotopic (exact) mass is 503 g/mol. The Hall–Kier alpha value is -4.46. The highest BCUT2D eigenvalue weighted by molar-refractivity contribution is 5.80. The number of carbonyl (C=O) groups excluding carboxylic acids is 1. The molecule has 0 fully saturated rings. The smallest absolute Gasteiger partial charge is 0.257 e. The molecule has 0 spiro atoms. The lowest BCUT2D eigenvalue weighted by atomic mass is 10.1. The number of fused-ring (bicyclic) bond motifs is 1. The number of hydrogen-bond donors (Lipinski definition) is 1. The van der Waals surface area contributed by atoms with Crippen LogP contribution in [0.25, 0.3) is 11.0 Å². The maximum absolute atomic E-state index is 12.9. The quantitative estimate of drug-likeness (QED) is 0.311. The normalized spacial score (nSPS) is 10.7. The molecule has 1 N–H and O–H groups in total. The van der Waals surface area contributed by atoms with Gasteiger partial charge in [-0.25, -0.2) is 0 Å². The third-order valence-corrected chi connectivity index (χ3v) is 5.84. The fourth-order valence-electron chi connectivity index (χ4n) is 3.85. The summed E-state index contributed by atoms with van der Waals surface area (Å²) in [4.78, 5) is 25.2. The zero-order chi connectivity index (χ0) is 26.2. The van der Waals surface area contributed by atoms with Crippen molar-refractivity contribution in [3.05, 3.63) is 88.3 Å².